The molecule has 0 bridgehead atoms. The number of halogens is 3. The molecule has 1 aromatic heterocycles. The predicted octanol–water partition coefficient (Wildman–Crippen LogP) is 3.73. The Morgan fingerprint density at radius 1 is 1.07 bits per heavy atom. The lowest BCUT2D eigenvalue weighted by atomic mass is 10.0. The van der Waals surface area contributed by atoms with Gasteiger partial charge < -0.3 is 10.2 Å². The third-order valence-corrected chi connectivity index (χ3v) is 6.37. The minimum Gasteiger partial charge on any atom is -0.337 e. The molecule has 1 amide bonds. The Hall–Kier alpha value is -1.11. The molecule has 5 nitrogen and oxygen atoms in total. The van der Waals surface area contributed by atoms with Gasteiger partial charge in [0, 0.05) is 67.3 Å². The second-order valence-corrected chi connectivity index (χ2v) is 8.45. The van der Waals surface area contributed by atoms with Crippen LogP contribution in [0.2, 0.25) is 5.02 Å². The highest BCUT2D eigenvalue weighted by atomic mass is 35.5. The first-order valence-corrected chi connectivity index (χ1v) is 10.4. The van der Waals surface area contributed by atoms with Gasteiger partial charge in [-0.2, -0.15) is 0 Å². The number of rotatable bonds is 3. The van der Waals surface area contributed by atoms with E-state index in [1.165, 1.54) is 12.8 Å². The number of pyridine rings is 1. The summed E-state index contributed by atoms with van der Waals surface area (Å²) in [5, 5.41) is 4.93. The van der Waals surface area contributed by atoms with E-state index < -0.39 is 0 Å². The summed E-state index contributed by atoms with van der Waals surface area (Å²) in [4.78, 5) is 22.8. The zero-order valence-electron chi connectivity index (χ0n) is 16.3. The highest BCUT2D eigenvalue weighted by Gasteiger charge is 2.33. The van der Waals surface area contributed by atoms with Crippen LogP contribution in [-0.4, -0.2) is 66.0 Å². The van der Waals surface area contributed by atoms with E-state index in [1.807, 2.05) is 29.2 Å². The molecule has 0 spiro atoms. The number of benzene rings is 1. The van der Waals surface area contributed by atoms with Gasteiger partial charge in [0.05, 0.1) is 11.1 Å². The number of piperazine rings is 1. The van der Waals surface area contributed by atoms with Crippen LogP contribution in [0.4, 0.5) is 0 Å². The van der Waals surface area contributed by atoms with Crippen LogP contribution >= 0.6 is 36.4 Å². The molecular formula is C21H27Cl3N4O. The summed E-state index contributed by atoms with van der Waals surface area (Å²) in [5.41, 5.74) is 2.71. The molecule has 1 atom stereocenters. The summed E-state index contributed by atoms with van der Waals surface area (Å²) in [6, 6.07) is 8.19. The molecule has 1 N–H and O–H groups in total. The third-order valence-electron chi connectivity index (χ3n) is 6.14. The summed E-state index contributed by atoms with van der Waals surface area (Å²) in [6.07, 6.45) is 3.41. The Labute approximate surface area is 189 Å². The smallest absolute Gasteiger partial charge is 0.254 e. The minimum atomic E-state index is 0. The van der Waals surface area contributed by atoms with Crippen molar-refractivity contribution >= 4 is 53.2 Å². The first-order chi connectivity index (χ1) is 13.2. The van der Waals surface area contributed by atoms with Gasteiger partial charge in [0.25, 0.3) is 5.91 Å². The fourth-order valence-electron chi connectivity index (χ4n) is 4.43. The number of amides is 1. The molecule has 1 saturated carbocycles. The topological polar surface area (TPSA) is 48.5 Å². The second-order valence-electron chi connectivity index (χ2n) is 8.01. The number of hydrogen-bond acceptors (Lipinski definition) is 4. The number of nitrogens with zero attached hydrogens (tertiary/aromatic N) is 3. The number of carbonyl (C=O) groups excluding carboxylic acids is 1. The average molecular weight is 458 g/mol. The normalized spacial score (nSPS) is 22.2. The van der Waals surface area contributed by atoms with Crippen molar-refractivity contribution in [3.8, 4) is 0 Å². The first kappa shape index (κ1) is 22.6. The van der Waals surface area contributed by atoms with Gasteiger partial charge in [0.2, 0.25) is 0 Å². The second kappa shape index (κ2) is 9.36. The van der Waals surface area contributed by atoms with Gasteiger partial charge in [0.15, 0.2) is 0 Å². The maximum atomic E-state index is 13.4. The van der Waals surface area contributed by atoms with Crippen LogP contribution in [0.5, 0.6) is 0 Å². The van der Waals surface area contributed by atoms with Crippen LogP contribution in [0.25, 0.3) is 10.9 Å². The van der Waals surface area contributed by atoms with Gasteiger partial charge in [-0.15, -0.1) is 24.8 Å². The van der Waals surface area contributed by atoms with Crippen molar-refractivity contribution in [3.63, 3.8) is 0 Å². The summed E-state index contributed by atoms with van der Waals surface area (Å²) in [5.74, 6) is 0.646. The van der Waals surface area contributed by atoms with E-state index in [2.05, 4.69) is 10.2 Å². The van der Waals surface area contributed by atoms with Gasteiger partial charge in [-0.1, -0.05) is 11.6 Å². The van der Waals surface area contributed by atoms with Crippen LogP contribution in [-0.2, 0) is 0 Å². The zero-order chi connectivity index (χ0) is 18.4. The number of nitrogens with one attached hydrogen (secondary N) is 1. The van der Waals surface area contributed by atoms with E-state index >= 15 is 0 Å². The number of carbonyl (C=O) groups is 1. The van der Waals surface area contributed by atoms with Crippen LogP contribution < -0.4 is 5.32 Å². The van der Waals surface area contributed by atoms with Gasteiger partial charge >= 0.3 is 0 Å². The highest BCUT2D eigenvalue weighted by Crippen LogP contribution is 2.40. The van der Waals surface area contributed by atoms with Gasteiger partial charge in [-0.25, -0.2) is 0 Å². The fraction of sp³-hybridized carbons (Fsp3) is 0.524. The Morgan fingerprint density at radius 3 is 2.55 bits per heavy atom. The van der Waals surface area contributed by atoms with Crippen molar-refractivity contribution in [2.24, 2.45) is 0 Å². The quantitative estimate of drug-likeness (QED) is 0.763. The van der Waals surface area contributed by atoms with Crippen LogP contribution in [0.1, 0.15) is 41.2 Å². The monoisotopic (exact) mass is 456 g/mol. The Balaban J connectivity index is 0.00000120. The van der Waals surface area contributed by atoms with E-state index in [-0.39, 0.29) is 30.7 Å². The standard InChI is InChI=1S/C21H25ClN4O.2ClH/c22-15-3-4-19-17(11-15)18(12-20(24-19)14-1-2-14)21(27)26-8-5-16(13-26)25-9-6-23-7-10-25;;/h3-4,11-12,14,16,23H,1-2,5-10,13H2;2*1H. The minimum absolute atomic E-state index is 0. The third kappa shape index (κ3) is 4.64. The SMILES string of the molecule is Cl.Cl.O=C(c1cc(C2CC2)nc2ccc(Cl)cc12)N1CCC(N2CCNCC2)C1. The van der Waals surface area contributed by atoms with Gasteiger partial charge in [-0.3, -0.25) is 14.7 Å². The van der Waals surface area contributed by atoms with E-state index in [0.717, 1.165) is 67.8 Å². The molecule has 2 saturated heterocycles. The molecule has 0 radical (unpaired) electrons. The van der Waals surface area contributed by atoms with Gasteiger partial charge in [0.1, 0.15) is 0 Å². The number of hydrogen-bond donors (Lipinski definition) is 1. The highest BCUT2D eigenvalue weighted by molar-refractivity contribution is 6.31. The van der Waals surface area contributed by atoms with Crippen molar-refractivity contribution in [2.45, 2.75) is 31.2 Å². The summed E-state index contributed by atoms with van der Waals surface area (Å²) in [6.45, 7) is 5.89. The molecule has 8 heteroatoms. The molecule has 5 rings (SSSR count). The molecule has 3 aliphatic rings. The van der Waals surface area contributed by atoms with E-state index in [9.17, 15) is 4.79 Å². The molecule has 3 fully saturated rings. The summed E-state index contributed by atoms with van der Waals surface area (Å²) < 4.78 is 0. The Kier molecular flexibility index (Phi) is 7.28. The molecular weight excluding hydrogens is 431 g/mol. The fourth-order valence-corrected chi connectivity index (χ4v) is 4.60. The zero-order valence-corrected chi connectivity index (χ0v) is 18.7. The maximum absolute atomic E-state index is 13.4. The molecule has 1 unspecified atom stereocenters. The molecule has 3 heterocycles. The molecule has 1 aromatic carbocycles. The summed E-state index contributed by atoms with van der Waals surface area (Å²) in [7, 11) is 0. The van der Waals surface area contributed by atoms with Crippen molar-refractivity contribution < 1.29 is 4.79 Å². The van der Waals surface area contributed by atoms with E-state index in [4.69, 9.17) is 16.6 Å². The number of likely N-dealkylation sites (tertiary alicyclic amines) is 1. The Morgan fingerprint density at radius 2 is 1.83 bits per heavy atom. The maximum Gasteiger partial charge on any atom is 0.254 e. The van der Waals surface area contributed by atoms with Crippen LogP contribution in [0.15, 0.2) is 24.3 Å². The number of aromatic nitrogens is 1. The van der Waals surface area contributed by atoms with E-state index in [1.54, 1.807) is 0 Å². The number of fused-ring (bicyclic) bond motifs is 1. The van der Waals surface area contributed by atoms with Crippen molar-refractivity contribution in [1.29, 1.82) is 0 Å². The van der Waals surface area contributed by atoms with Crippen LogP contribution in [0, 0.1) is 0 Å². The molecule has 2 aromatic rings. The first-order valence-electron chi connectivity index (χ1n) is 10.0. The molecule has 1 aliphatic carbocycles. The van der Waals surface area contributed by atoms with Gasteiger partial charge in [-0.05, 0) is 43.5 Å². The predicted molar refractivity (Wildman–Crippen MR) is 122 cm³/mol. The van der Waals surface area contributed by atoms with Crippen molar-refractivity contribution in [2.75, 3.05) is 39.3 Å². The van der Waals surface area contributed by atoms with Crippen molar-refractivity contribution in [3.05, 3.63) is 40.5 Å². The van der Waals surface area contributed by atoms with Crippen molar-refractivity contribution in [1.82, 2.24) is 20.1 Å². The van der Waals surface area contributed by atoms with Crippen LogP contribution in [0.3, 0.4) is 0 Å². The molecule has 2 aliphatic heterocycles. The lowest BCUT2D eigenvalue weighted by Crippen LogP contribution is -2.49. The lowest BCUT2D eigenvalue weighted by Gasteiger charge is -2.32. The Bertz CT molecular complexity index is 884. The largest absolute Gasteiger partial charge is 0.337 e. The molecule has 29 heavy (non-hydrogen) atoms. The summed E-state index contributed by atoms with van der Waals surface area (Å²) >= 11 is 6.23. The lowest BCUT2D eigenvalue weighted by molar-refractivity contribution is 0.0775. The van der Waals surface area contributed by atoms with E-state index in [0.29, 0.717) is 17.0 Å². The average Bonchev–Trinajstić information content (AvgIpc) is 3.44. The molecule has 158 valence electrons.